The van der Waals surface area contributed by atoms with Crippen molar-refractivity contribution in [1.29, 1.82) is 0 Å². The van der Waals surface area contributed by atoms with Crippen LogP contribution < -0.4 is 4.90 Å². The number of hydrogen-bond acceptors (Lipinski definition) is 4. The zero-order chi connectivity index (χ0) is 18.1. The van der Waals surface area contributed by atoms with Gasteiger partial charge >= 0.3 is 5.97 Å². The highest BCUT2D eigenvalue weighted by Crippen LogP contribution is 2.30. The summed E-state index contributed by atoms with van der Waals surface area (Å²) in [7, 11) is 0. The van der Waals surface area contributed by atoms with Crippen molar-refractivity contribution in [2.75, 3.05) is 18.0 Å². The first-order valence-corrected chi connectivity index (χ1v) is 9.08. The Bertz CT molecular complexity index is 942. The zero-order valence-corrected chi connectivity index (χ0v) is 14.8. The Morgan fingerprint density at radius 1 is 1.12 bits per heavy atom. The van der Waals surface area contributed by atoms with Crippen molar-refractivity contribution in [3.05, 3.63) is 54.0 Å². The van der Waals surface area contributed by atoms with Crippen LogP contribution in [0.4, 0.5) is 5.82 Å². The fraction of sp³-hybridized carbons (Fsp3) is 0.350. The number of pyridine rings is 1. The first-order valence-electron chi connectivity index (χ1n) is 9.08. The van der Waals surface area contributed by atoms with E-state index in [1.807, 2.05) is 12.1 Å². The molecule has 1 fully saturated rings. The van der Waals surface area contributed by atoms with E-state index in [-0.39, 0.29) is 5.69 Å². The molecule has 0 spiro atoms. The summed E-state index contributed by atoms with van der Waals surface area (Å²) in [5.74, 6) is 0.893. The molecule has 1 saturated heterocycles. The number of piperidine rings is 1. The Hall–Kier alpha value is -2.89. The molecular formula is C20H22N4O2. The van der Waals surface area contributed by atoms with Crippen LogP contribution in [-0.2, 0) is 6.42 Å². The highest BCUT2D eigenvalue weighted by atomic mass is 16.4. The van der Waals surface area contributed by atoms with E-state index in [1.165, 1.54) is 11.6 Å². The number of para-hydroxylation sites is 2. The van der Waals surface area contributed by atoms with Crippen LogP contribution in [0.1, 0.15) is 42.1 Å². The molecule has 1 N–H and O–H groups in total. The van der Waals surface area contributed by atoms with Crippen molar-refractivity contribution in [3.8, 4) is 0 Å². The highest BCUT2D eigenvalue weighted by molar-refractivity contribution is 5.85. The van der Waals surface area contributed by atoms with E-state index in [1.54, 1.807) is 6.07 Å². The van der Waals surface area contributed by atoms with Gasteiger partial charge in [0.15, 0.2) is 5.69 Å². The van der Waals surface area contributed by atoms with E-state index in [2.05, 4.69) is 39.6 Å². The molecule has 3 heterocycles. The molecule has 1 aromatic carbocycles. The van der Waals surface area contributed by atoms with Crippen LogP contribution in [0.3, 0.4) is 0 Å². The van der Waals surface area contributed by atoms with Gasteiger partial charge in [0, 0.05) is 25.6 Å². The summed E-state index contributed by atoms with van der Waals surface area (Å²) >= 11 is 0. The molecule has 0 amide bonds. The van der Waals surface area contributed by atoms with Crippen molar-refractivity contribution < 1.29 is 9.90 Å². The second kappa shape index (κ2) is 6.78. The highest BCUT2D eigenvalue weighted by Gasteiger charge is 2.25. The molecule has 2 aromatic heterocycles. The summed E-state index contributed by atoms with van der Waals surface area (Å²) in [6, 6.07) is 13.9. The van der Waals surface area contributed by atoms with Gasteiger partial charge < -0.3 is 14.6 Å². The molecule has 1 aliphatic heterocycles. The number of fused-ring (bicyclic) bond motifs is 1. The van der Waals surface area contributed by atoms with E-state index >= 15 is 0 Å². The molecule has 6 nitrogen and oxygen atoms in total. The second-order valence-corrected chi connectivity index (χ2v) is 6.64. The average molecular weight is 350 g/mol. The summed E-state index contributed by atoms with van der Waals surface area (Å²) in [4.78, 5) is 22.4. The van der Waals surface area contributed by atoms with Gasteiger partial charge in [0.1, 0.15) is 11.6 Å². The van der Waals surface area contributed by atoms with Crippen LogP contribution in [0.5, 0.6) is 0 Å². The van der Waals surface area contributed by atoms with Crippen LogP contribution in [0.2, 0.25) is 0 Å². The molecule has 26 heavy (non-hydrogen) atoms. The molecule has 0 unspecified atom stereocenters. The quantitative estimate of drug-likeness (QED) is 0.779. The number of aromatic carboxylic acids is 1. The van der Waals surface area contributed by atoms with Gasteiger partial charge in [-0.15, -0.1) is 0 Å². The van der Waals surface area contributed by atoms with Gasteiger partial charge in [-0.1, -0.05) is 25.1 Å². The third-order valence-corrected chi connectivity index (χ3v) is 5.09. The fourth-order valence-corrected chi connectivity index (χ4v) is 3.82. The van der Waals surface area contributed by atoms with E-state index in [4.69, 9.17) is 10.1 Å². The van der Waals surface area contributed by atoms with Crippen molar-refractivity contribution >= 4 is 22.8 Å². The number of carboxylic acid groups (broad SMARTS) is 1. The summed E-state index contributed by atoms with van der Waals surface area (Å²) in [6.45, 7) is 3.86. The maximum atomic E-state index is 11.1. The molecule has 4 rings (SSSR count). The Labute approximate surface area is 152 Å². The number of imidazole rings is 1. The number of carboxylic acids is 1. The standard InChI is InChI=1S/C20H22N4O2/c1-2-18-21-15-6-3-4-8-17(15)24(18)14-10-12-23(13-11-14)19-9-5-7-16(22-19)20(25)26/h3-9,14H,2,10-13H2,1H3,(H,25,26). The Balaban J connectivity index is 1.56. The lowest BCUT2D eigenvalue weighted by molar-refractivity contribution is 0.0690. The van der Waals surface area contributed by atoms with Crippen LogP contribution in [-0.4, -0.2) is 38.7 Å². The number of nitrogens with zero attached hydrogens (tertiary/aromatic N) is 4. The lowest BCUT2D eigenvalue weighted by atomic mass is 10.0. The molecule has 0 saturated carbocycles. The maximum Gasteiger partial charge on any atom is 0.354 e. The maximum absolute atomic E-state index is 11.1. The summed E-state index contributed by atoms with van der Waals surface area (Å²) in [5, 5.41) is 9.14. The van der Waals surface area contributed by atoms with Crippen molar-refractivity contribution in [1.82, 2.24) is 14.5 Å². The number of aromatic nitrogens is 3. The number of rotatable bonds is 4. The van der Waals surface area contributed by atoms with Gasteiger partial charge in [-0.3, -0.25) is 0 Å². The smallest absolute Gasteiger partial charge is 0.354 e. The van der Waals surface area contributed by atoms with Crippen molar-refractivity contribution in [2.45, 2.75) is 32.2 Å². The number of benzene rings is 1. The predicted molar refractivity (Wildman–Crippen MR) is 101 cm³/mol. The van der Waals surface area contributed by atoms with E-state index in [9.17, 15) is 4.79 Å². The van der Waals surface area contributed by atoms with Crippen LogP contribution in [0.15, 0.2) is 42.5 Å². The lowest BCUT2D eigenvalue weighted by Gasteiger charge is -2.34. The van der Waals surface area contributed by atoms with Crippen molar-refractivity contribution in [2.24, 2.45) is 0 Å². The first-order chi connectivity index (χ1) is 12.7. The topological polar surface area (TPSA) is 71.2 Å². The predicted octanol–water partition coefficient (Wildman–Crippen LogP) is 3.53. The number of hydrogen-bond donors (Lipinski definition) is 1. The van der Waals surface area contributed by atoms with Gasteiger partial charge in [-0.2, -0.15) is 0 Å². The Kier molecular flexibility index (Phi) is 4.32. The third-order valence-electron chi connectivity index (χ3n) is 5.09. The SMILES string of the molecule is CCc1nc2ccccc2n1C1CCN(c2cccc(C(=O)O)n2)CC1. The minimum Gasteiger partial charge on any atom is -0.477 e. The minimum absolute atomic E-state index is 0.0958. The van der Waals surface area contributed by atoms with Crippen LogP contribution >= 0.6 is 0 Å². The Morgan fingerprint density at radius 3 is 2.62 bits per heavy atom. The van der Waals surface area contributed by atoms with Crippen LogP contribution in [0.25, 0.3) is 11.0 Å². The number of aryl methyl sites for hydroxylation is 1. The lowest BCUT2D eigenvalue weighted by Crippen LogP contribution is -2.35. The van der Waals surface area contributed by atoms with Gasteiger partial charge in [0.25, 0.3) is 0 Å². The summed E-state index contributed by atoms with van der Waals surface area (Å²) in [5.41, 5.74) is 2.36. The van der Waals surface area contributed by atoms with Gasteiger partial charge in [0.05, 0.1) is 11.0 Å². The monoisotopic (exact) mass is 350 g/mol. The first kappa shape index (κ1) is 16.6. The number of anilines is 1. The third kappa shape index (κ3) is 2.92. The normalized spacial score (nSPS) is 15.5. The van der Waals surface area contributed by atoms with E-state index < -0.39 is 5.97 Å². The fourth-order valence-electron chi connectivity index (χ4n) is 3.82. The molecule has 1 aliphatic rings. The second-order valence-electron chi connectivity index (χ2n) is 6.64. The molecule has 0 atom stereocenters. The molecule has 0 aliphatic carbocycles. The Morgan fingerprint density at radius 2 is 1.88 bits per heavy atom. The molecular weight excluding hydrogens is 328 g/mol. The molecule has 0 bridgehead atoms. The summed E-state index contributed by atoms with van der Waals surface area (Å²) < 4.78 is 2.40. The largest absolute Gasteiger partial charge is 0.477 e. The van der Waals surface area contributed by atoms with Gasteiger partial charge in [-0.25, -0.2) is 14.8 Å². The molecule has 3 aromatic rings. The van der Waals surface area contributed by atoms with Gasteiger partial charge in [-0.05, 0) is 37.1 Å². The van der Waals surface area contributed by atoms with Crippen molar-refractivity contribution in [3.63, 3.8) is 0 Å². The van der Waals surface area contributed by atoms with E-state index in [0.29, 0.717) is 6.04 Å². The minimum atomic E-state index is -0.987. The van der Waals surface area contributed by atoms with Crippen LogP contribution in [0, 0.1) is 0 Å². The molecule has 6 heteroatoms. The average Bonchev–Trinajstić information content (AvgIpc) is 3.07. The molecule has 0 radical (unpaired) electrons. The van der Waals surface area contributed by atoms with Gasteiger partial charge in [0.2, 0.25) is 0 Å². The molecule has 134 valence electrons. The number of carbonyl (C=O) groups is 1. The zero-order valence-electron chi connectivity index (χ0n) is 14.8. The summed E-state index contributed by atoms with van der Waals surface area (Å²) in [6.07, 6.45) is 2.90. The van der Waals surface area contributed by atoms with E-state index in [0.717, 1.165) is 49.5 Å².